The summed E-state index contributed by atoms with van der Waals surface area (Å²) in [7, 11) is 0. The van der Waals surface area contributed by atoms with Crippen molar-refractivity contribution in [2.45, 2.75) is 257 Å². The Kier molecular flexibility index (Phi) is 37.6. The first-order valence-electron chi connectivity index (χ1n) is 21.3. The molecule has 282 valence electrons. The van der Waals surface area contributed by atoms with Crippen LogP contribution in [0.4, 0.5) is 0 Å². The van der Waals surface area contributed by atoms with Crippen molar-refractivity contribution >= 4 is 5.91 Å². The van der Waals surface area contributed by atoms with Crippen molar-refractivity contribution in [2.24, 2.45) is 0 Å². The number of carbonyl (C=O) groups is 1. The monoisotopic (exact) mass is 668 g/mol. The molecule has 5 nitrogen and oxygen atoms in total. The smallest absolute Gasteiger partial charge is 0.220 e. The van der Waals surface area contributed by atoms with Crippen molar-refractivity contribution in [2.75, 3.05) is 6.61 Å². The van der Waals surface area contributed by atoms with Crippen molar-refractivity contribution in [1.82, 2.24) is 5.32 Å². The molecular weight excluding hydrogens is 582 g/mol. The van der Waals surface area contributed by atoms with Gasteiger partial charge in [0, 0.05) is 6.42 Å². The van der Waals surface area contributed by atoms with Gasteiger partial charge in [-0.25, -0.2) is 0 Å². The van der Waals surface area contributed by atoms with Gasteiger partial charge in [-0.2, -0.15) is 0 Å². The standard InChI is InChI=1S/C42H85NO4/c1-3-5-7-9-11-13-15-17-19-20-21-22-23-24-26-28-30-32-34-36-40(45)42(47)39(38-44)43-41(46)37-35-33-31-29-27-25-18-16-14-12-10-8-6-4-2/h39-40,42,44-45,47H,3-38H2,1-2H3,(H,43,46). The topological polar surface area (TPSA) is 89.8 Å². The Labute approximate surface area is 294 Å². The maximum atomic E-state index is 12.4. The minimum absolute atomic E-state index is 0.141. The van der Waals surface area contributed by atoms with Gasteiger partial charge >= 0.3 is 0 Å². The fraction of sp³-hybridized carbons (Fsp3) is 0.976. The number of aliphatic hydroxyl groups is 3. The Morgan fingerprint density at radius 1 is 0.447 bits per heavy atom. The molecule has 0 aromatic carbocycles. The average Bonchev–Trinajstić information content (AvgIpc) is 3.07. The number of amides is 1. The number of aliphatic hydroxyl groups excluding tert-OH is 3. The first kappa shape index (κ1) is 46.4. The van der Waals surface area contributed by atoms with Crippen LogP contribution in [-0.2, 0) is 4.79 Å². The highest BCUT2D eigenvalue weighted by molar-refractivity contribution is 5.76. The van der Waals surface area contributed by atoms with Crippen LogP contribution in [0.15, 0.2) is 0 Å². The molecule has 1 amide bonds. The quantitative estimate of drug-likeness (QED) is 0.0491. The van der Waals surface area contributed by atoms with Crippen molar-refractivity contribution in [3.8, 4) is 0 Å². The summed E-state index contributed by atoms with van der Waals surface area (Å²) >= 11 is 0. The molecule has 0 aliphatic carbocycles. The summed E-state index contributed by atoms with van der Waals surface area (Å²) < 4.78 is 0. The van der Waals surface area contributed by atoms with Crippen molar-refractivity contribution < 1.29 is 20.1 Å². The molecule has 0 saturated heterocycles. The normalized spacial score (nSPS) is 13.6. The molecule has 0 aliphatic heterocycles. The van der Waals surface area contributed by atoms with Crippen LogP contribution >= 0.6 is 0 Å². The second kappa shape index (κ2) is 38.2. The van der Waals surface area contributed by atoms with Crippen LogP contribution in [0.1, 0.15) is 239 Å². The maximum absolute atomic E-state index is 12.4. The Morgan fingerprint density at radius 2 is 0.723 bits per heavy atom. The van der Waals surface area contributed by atoms with E-state index in [2.05, 4.69) is 19.2 Å². The summed E-state index contributed by atoms with van der Waals surface area (Å²) in [5.41, 5.74) is 0. The van der Waals surface area contributed by atoms with Gasteiger partial charge in [0.1, 0.15) is 6.10 Å². The van der Waals surface area contributed by atoms with E-state index >= 15 is 0 Å². The summed E-state index contributed by atoms with van der Waals surface area (Å²) in [6.07, 6.45) is 42.0. The Bertz CT molecular complexity index is 615. The van der Waals surface area contributed by atoms with E-state index in [-0.39, 0.29) is 12.5 Å². The van der Waals surface area contributed by atoms with E-state index in [1.165, 1.54) is 180 Å². The zero-order valence-corrected chi connectivity index (χ0v) is 31.9. The van der Waals surface area contributed by atoms with Gasteiger partial charge in [0.2, 0.25) is 5.91 Å². The SMILES string of the molecule is CCCCCCCCCCCCCCCCCCCCCC(O)C(O)C(CO)NC(=O)CCCCCCCCCCCCCCCC. The summed E-state index contributed by atoms with van der Waals surface area (Å²) in [4.78, 5) is 12.4. The lowest BCUT2D eigenvalue weighted by atomic mass is 9.99. The van der Waals surface area contributed by atoms with E-state index in [0.29, 0.717) is 12.8 Å². The molecule has 0 aromatic heterocycles. The average molecular weight is 668 g/mol. The Hall–Kier alpha value is -0.650. The van der Waals surface area contributed by atoms with Gasteiger partial charge in [-0.3, -0.25) is 4.79 Å². The van der Waals surface area contributed by atoms with E-state index in [0.717, 1.165) is 32.1 Å². The van der Waals surface area contributed by atoms with Crippen molar-refractivity contribution in [3.05, 3.63) is 0 Å². The van der Waals surface area contributed by atoms with Gasteiger partial charge < -0.3 is 20.6 Å². The van der Waals surface area contributed by atoms with Crippen LogP contribution in [0.5, 0.6) is 0 Å². The maximum Gasteiger partial charge on any atom is 0.220 e. The Balaban J connectivity index is 3.59. The molecule has 0 spiro atoms. The van der Waals surface area contributed by atoms with Crippen LogP contribution < -0.4 is 5.32 Å². The molecule has 0 saturated carbocycles. The molecule has 4 N–H and O–H groups in total. The molecule has 0 heterocycles. The Morgan fingerprint density at radius 3 is 1.02 bits per heavy atom. The zero-order chi connectivity index (χ0) is 34.5. The van der Waals surface area contributed by atoms with Crippen molar-refractivity contribution in [1.29, 1.82) is 0 Å². The summed E-state index contributed by atoms with van der Waals surface area (Å²) in [6.45, 7) is 4.19. The molecule has 0 radical (unpaired) electrons. The predicted molar refractivity (Wildman–Crippen MR) is 204 cm³/mol. The van der Waals surface area contributed by atoms with Crippen LogP contribution in [0.25, 0.3) is 0 Å². The van der Waals surface area contributed by atoms with Crippen LogP contribution in [0, 0.1) is 0 Å². The number of rotatable bonds is 39. The second-order valence-electron chi connectivity index (χ2n) is 14.9. The number of unbranched alkanes of at least 4 members (excludes halogenated alkanes) is 31. The number of hydrogen-bond acceptors (Lipinski definition) is 4. The molecular formula is C42H85NO4. The lowest BCUT2D eigenvalue weighted by Gasteiger charge is -2.26. The molecule has 0 aromatic rings. The summed E-state index contributed by atoms with van der Waals surface area (Å²) in [6, 6.07) is -0.801. The lowest BCUT2D eigenvalue weighted by molar-refractivity contribution is -0.124. The molecule has 5 heteroatoms. The highest BCUT2D eigenvalue weighted by atomic mass is 16.3. The van der Waals surface area contributed by atoms with Gasteiger partial charge in [0.15, 0.2) is 0 Å². The molecule has 3 atom stereocenters. The van der Waals surface area contributed by atoms with E-state index < -0.39 is 18.2 Å². The lowest BCUT2D eigenvalue weighted by Crippen LogP contribution is -2.50. The molecule has 0 rings (SSSR count). The molecule has 3 unspecified atom stereocenters. The zero-order valence-electron chi connectivity index (χ0n) is 31.9. The van der Waals surface area contributed by atoms with E-state index in [1.54, 1.807) is 0 Å². The second-order valence-corrected chi connectivity index (χ2v) is 14.9. The van der Waals surface area contributed by atoms with Crippen LogP contribution in [0.2, 0.25) is 0 Å². The van der Waals surface area contributed by atoms with Gasteiger partial charge in [-0.15, -0.1) is 0 Å². The highest BCUT2D eigenvalue weighted by Gasteiger charge is 2.26. The first-order valence-corrected chi connectivity index (χ1v) is 21.3. The number of carbonyl (C=O) groups excluding carboxylic acids is 1. The summed E-state index contributed by atoms with van der Waals surface area (Å²) in [5.74, 6) is -0.141. The van der Waals surface area contributed by atoms with Gasteiger partial charge in [0.25, 0.3) is 0 Å². The molecule has 0 bridgehead atoms. The summed E-state index contributed by atoms with van der Waals surface area (Å²) in [5, 5.41) is 33.5. The predicted octanol–water partition coefficient (Wildman–Crippen LogP) is 11.9. The molecule has 47 heavy (non-hydrogen) atoms. The van der Waals surface area contributed by atoms with Crippen LogP contribution in [-0.4, -0.2) is 46.1 Å². The molecule has 0 aliphatic rings. The number of nitrogens with one attached hydrogen (secondary N) is 1. The number of hydrogen-bond donors (Lipinski definition) is 4. The highest BCUT2D eigenvalue weighted by Crippen LogP contribution is 2.17. The van der Waals surface area contributed by atoms with Gasteiger partial charge in [0.05, 0.1) is 18.8 Å². The van der Waals surface area contributed by atoms with E-state index in [4.69, 9.17) is 0 Å². The van der Waals surface area contributed by atoms with Crippen molar-refractivity contribution in [3.63, 3.8) is 0 Å². The van der Waals surface area contributed by atoms with Crippen LogP contribution in [0.3, 0.4) is 0 Å². The third-order valence-corrected chi connectivity index (χ3v) is 10.2. The third-order valence-electron chi connectivity index (χ3n) is 10.2. The van der Waals surface area contributed by atoms with E-state index in [9.17, 15) is 20.1 Å². The minimum Gasteiger partial charge on any atom is -0.394 e. The van der Waals surface area contributed by atoms with Gasteiger partial charge in [-0.1, -0.05) is 219 Å². The minimum atomic E-state index is -1.13. The fourth-order valence-electron chi connectivity index (χ4n) is 6.87. The van der Waals surface area contributed by atoms with E-state index in [1.807, 2.05) is 0 Å². The first-order chi connectivity index (χ1) is 23.1. The third kappa shape index (κ3) is 33.6. The van der Waals surface area contributed by atoms with Gasteiger partial charge in [-0.05, 0) is 12.8 Å². The fourth-order valence-corrected chi connectivity index (χ4v) is 6.87. The molecule has 0 fully saturated rings. The largest absolute Gasteiger partial charge is 0.394 e.